The van der Waals surface area contributed by atoms with Crippen LogP contribution in [0.4, 0.5) is 5.95 Å². The molecule has 0 spiro atoms. The molecule has 5 aromatic rings. The van der Waals surface area contributed by atoms with Gasteiger partial charge in [0.05, 0.1) is 16.3 Å². The molecule has 1 heterocycles. The van der Waals surface area contributed by atoms with Gasteiger partial charge < -0.3 is 4.90 Å². The van der Waals surface area contributed by atoms with E-state index in [1.54, 1.807) is 36.4 Å². The highest BCUT2D eigenvalue weighted by Gasteiger charge is 2.23. The summed E-state index contributed by atoms with van der Waals surface area (Å²) in [6, 6.07) is 31.6. The van der Waals surface area contributed by atoms with Crippen LogP contribution >= 0.6 is 23.2 Å². The lowest BCUT2D eigenvalue weighted by Crippen LogP contribution is -2.38. The van der Waals surface area contributed by atoms with Gasteiger partial charge in [-0.15, -0.1) is 0 Å². The van der Waals surface area contributed by atoms with Gasteiger partial charge in [0.25, 0.3) is 5.91 Å². The first-order chi connectivity index (χ1) is 19.4. The van der Waals surface area contributed by atoms with E-state index in [1.807, 2.05) is 84.4 Å². The summed E-state index contributed by atoms with van der Waals surface area (Å²) >= 11 is 12.4. The molecule has 6 nitrogen and oxygen atoms in total. The van der Waals surface area contributed by atoms with E-state index < -0.39 is 5.91 Å². The van der Waals surface area contributed by atoms with Crippen LogP contribution in [0, 0.1) is 6.92 Å². The van der Waals surface area contributed by atoms with Crippen LogP contribution in [-0.4, -0.2) is 32.8 Å². The van der Waals surface area contributed by atoms with Crippen molar-refractivity contribution in [2.45, 2.75) is 13.5 Å². The van der Waals surface area contributed by atoms with E-state index in [1.165, 1.54) is 4.90 Å². The summed E-state index contributed by atoms with van der Waals surface area (Å²) in [7, 11) is 0. The lowest BCUT2D eigenvalue weighted by Gasteiger charge is -2.23. The topological polar surface area (TPSA) is 67.2 Å². The summed E-state index contributed by atoms with van der Waals surface area (Å²) in [6.45, 7) is 2.05. The molecule has 0 saturated heterocycles. The Morgan fingerprint density at radius 1 is 0.850 bits per heavy atom. The van der Waals surface area contributed by atoms with Crippen LogP contribution in [0.1, 0.15) is 21.5 Å². The minimum atomic E-state index is -0.391. The van der Waals surface area contributed by atoms with Crippen molar-refractivity contribution in [3.8, 4) is 16.9 Å². The van der Waals surface area contributed by atoms with Gasteiger partial charge in [-0.1, -0.05) is 95.5 Å². The van der Waals surface area contributed by atoms with E-state index in [4.69, 9.17) is 28.2 Å². The maximum Gasteiger partial charge on any atom is 0.256 e. The summed E-state index contributed by atoms with van der Waals surface area (Å²) < 4.78 is 1.82. The summed E-state index contributed by atoms with van der Waals surface area (Å²) in [5, 5.41) is 3.87. The minimum Gasteiger partial charge on any atom is -0.325 e. The Labute approximate surface area is 242 Å². The predicted molar refractivity (Wildman–Crippen MR) is 160 cm³/mol. The molecule has 5 rings (SSSR count). The van der Waals surface area contributed by atoms with Crippen LogP contribution in [0.15, 0.2) is 109 Å². The lowest BCUT2D eigenvalue weighted by atomic mass is 10.1. The minimum absolute atomic E-state index is 0.198. The number of imidazole rings is 1. The molecule has 40 heavy (non-hydrogen) atoms. The van der Waals surface area contributed by atoms with Crippen molar-refractivity contribution in [2.24, 2.45) is 0 Å². The molecule has 1 aromatic heterocycles. The third kappa shape index (κ3) is 6.42. The first kappa shape index (κ1) is 27.2. The molecule has 0 bridgehead atoms. The van der Waals surface area contributed by atoms with E-state index in [0.29, 0.717) is 27.3 Å². The van der Waals surface area contributed by atoms with Gasteiger partial charge in [0.15, 0.2) is 0 Å². The Morgan fingerprint density at radius 2 is 1.52 bits per heavy atom. The number of anilines is 1. The van der Waals surface area contributed by atoms with E-state index in [0.717, 1.165) is 22.4 Å². The Hall–Kier alpha value is -4.39. The third-order valence-corrected chi connectivity index (χ3v) is 6.93. The van der Waals surface area contributed by atoms with Crippen molar-refractivity contribution in [3.05, 3.63) is 136 Å². The molecule has 0 radical (unpaired) electrons. The highest BCUT2D eigenvalue weighted by molar-refractivity contribution is 6.33. The molecule has 2 amide bonds. The Kier molecular flexibility index (Phi) is 8.29. The number of carbonyl (C=O) groups excluding carboxylic acids is 2. The smallest absolute Gasteiger partial charge is 0.256 e. The quantitative estimate of drug-likeness (QED) is 0.211. The van der Waals surface area contributed by atoms with Crippen molar-refractivity contribution in [3.63, 3.8) is 0 Å². The van der Waals surface area contributed by atoms with Gasteiger partial charge in [0.1, 0.15) is 6.54 Å². The van der Waals surface area contributed by atoms with Gasteiger partial charge in [-0.3, -0.25) is 19.5 Å². The Balaban J connectivity index is 1.45. The van der Waals surface area contributed by atoms with Gasteiger partial charge in [0.2, 0.25) is 11.9 Å². The molecule has 0 aliphatic rings. The Morgan fingerprint density at radius 3 is 2.23 bits per heavy atom. The molecule has 8 heteroatoms. The van der Waals surface area contributed by atoms with Gasteiger partial charge >= 0.3 is 0 Å². The third-order valence-electron chi connectivity index (χ3n) is 6.35. The van der Waals surface area contributed by atoms with Gasteiger partial charge in [-0.25, -0.2) is 4.98 Å². The molecule has 0 fully saturated rings. The number of nitrogens with zero attached hydrogens (tertiary/aromatic N) is 3. The second kappa shape index (κ2) is 12.2. The molecule has 200 valence electrons. The number of rotatable bonds is 8. The fourth-order valence-electron chi connectivity index (χ4n) is 4.28. The first-order valence-electron chi connectivity index (χ1n) is 12.7. The van der Waals surface area contributed by atoms with Crippen molar-refractivity contribution in [1.82, 2.24) is 14.5 Å². The standard InChI is InChI=1S/C32H26Cl2N4O2/c1-22-11-17-26(18-12-22)38-20-29(24-13-15-25(33)16-14-24)35-32(38)36-30(39)21-37(19-23-7-3-2-4-8-23)31(40)27-9-5-6-10-28(27)34/h2-18,20H,19,21H2,1H3,(H,35,36,39). The zero-order valence-corrected chi connectivity index (χ0v) is 23.2. The van der Waals surface area contributed by atoms with Crippen LogP contribution in [-0.2, 0) is 11.3 Å². The van der Waals surface area contributed by atoms with Gasteiger partial charge in [-0.2, -0.15) is 0 Å². The highest BCUT2D eigenvalue weighted by atomic mass is 35.5. The van der Waals surface area contributed by atoms with Crippen LogP contribution < -0.4 is 5.32 Å². The molecule has 4 aromatic carbocycles. The van der Waals surface area contributed by atoms with Crippen LogP contribution in [0.5, 0.6) is 0 Å². The maximum absolute atomic E-state index is 13.5. The average molecular weight is 569 g/mol. The molecular weight excluding hydrogens is 543 g/mol. The van der Waals surface area contributed by atoms with E-state index in [2.05, 4.69) is 5.32 Å². The monoisotopic (exact) mass is 568 g/mol. The number of halogens is 2. The number of aryl methyl sites for hydroxylation is 1. The molecule has 0 atom stereocenters. The fourth-order valence-corrected chi connectivity index (χ4v) is 4.62. The van der Waals surface area contributed by atoms with Crippen LogP contribution in [0.25, 0.3) is 16.9 Å². The number of aromatic nitrogens is 2. The van der Waals surface area contributed by atoms with Crippen LogP contribution in [0.3, 0.4) is 0 Å². The average Bonchev–Trinajstić information content (AvgIpc) is 3.37. The number of nitrogens with one attached hydrogen (secondary N) is 1. The molecular formula is C32H26Cl2N4O2. The molecule has 0 saturated carbocycles. The van der Waals surface area contributed by atoms with Crippen LogP contribution in [0.2, 0.25) is 10.0 Å². The van der Waals surface area contributed by atoms with E-state index in [9.17, 15) is 9.59 Å². The second-order valence-electron chi connectivity index (χ2n) is 9.34. The zero-order valence-electron chi connectivity index (χ0n) is 21.7. The Bertz CT molecular complexity index is 1630. The number of hydrogen-bond acceptors (Lipinski definition) is 3. The van der Waals surface area contributed by atoms with Crippen molar-refractivity contribution in [2.75, 3.05) is 11.9 Å². The van der Waals surface area contributed by atoms with E-state index in [-0.39, 0.29) is 19.0 Å². The molecule has 0 aliphatic carbocycles. The highest BCUT2D eigenvalue weighted by Crippen LogP contribution is 2.26. The fraction of sp³-hybridized carbons (Fsp3) is 0.0938. The van der Waals surface area contributed by atoms with E-state index >= 15 is 0 Å². The van der Waals surface area contributed by atoms with Crippen molar-refractivity contribution >= 4 is 41.0 Å². The summed E-state index contributed by atoms with van der Waals surface area (Å²) in [4.78, 5) is 33.2. The summed E-state index contributed by atoms with van der Waals surface area (Å²) in [6.07, 6.45) is 1.86. The molecule has 0 aliphatic heterocycles. The van der Waals surface area contributed by atoms with Crippen molar-refractivity contribution < 1.29 is 9.59 Å². The largest absolute Gasteiger partial charge is 0.325 e. The summed E-state index contributed by atoms with van der Waals surface area (Å²) in [5.74, 6) is -0.394. The van der Waals surface area contributed by atoms with Gasteiger partial charge in [0, 0.05) is 29.0 Å². The number of benzene rings is 4. The summed E-state index contributed by atoms with van der Waals surface area (Å²) in [5.41, 5.74) is 4.69. The van der Waals surface area contributed by atoms with Gasteiger partial charge in [-0.05, 0) is 48.9 Å². The number of amides is 2. The molecule has 1 N–H and O–H groups in total. The lowest BCUT2D eigenvalue weighted by molar-refractivity contribution is -0.117. The van der Waals surface area contributed by atoms with Crippen molar-refractivity contribution in [1.29, 1.82) is 0 Å². The first-order valence-corrected chi connectivity index (χ1v) is 13.4. The zero-order chi connectivity index (χ0) is 28.1. The SMILES string of the molecule is Cc1ccc(-n2cc(-c3ccc(Cl)cc3)nc2NC(=O)CN(Cc2ccccc2)C(=O)c2ccccc2Cl)cc1. The predicted octanol–water partition coefficient (Wildman–Crippen LogP) is 7.44. The number of carbonyl (C=O) groups is 2. The normalized spacial score (nSPS) is 10.8. The maximum atomic E-state index is 13.5. The second-order valence-corrected chi connectivity index (χ2v) is 10.2. The molecule has 0 unspecified atom stereocenters. The number of hydrogen-bond donors (Lipinski definition) is 1.